The fourth-order valence-corrected chi connectivity index (χ4v) is 4.83. The van der Waals surface area contributed by atoms with Gasteiger partial charge >= 0.3 is 5.97 Å². The Bertz CT molecular complexity index is 922. The fourth-order valence-electron chi connectivity index (χ4n) is 3.57. The molecular formula is C21H23ClF2N2O5S. The summed E-state index contributed by atoms with van der Waals surface area (Å²) in [5.74, 6) is -5.25. The van der Waals surface area contributed by atoms with E-state index in [1.807, 2.05) is 0 Å². The molecule has 1 aliphatic heterocycles. The average Bonchev–Trinajstić information content (AvgIpc) is 3.21. The summed E-state index contributed by atoms with van der Waals surface area (Å²) in [6, 6.07) is 2.32. The van der Waals surface area contributed by atoms with Gasteiger partial charge in [0.2, 0.25) is 11.7 Å². The highest BCUT2D eigenvalue weighted by Crippen LogP contribution is 2.34. The molecule has 1 fully saturated rings. The van der Waals surface area contributed by atoms with Gasteiger partial charge in [-0.3, -0.25) is 14.4 Å². The van der Waals surface area contributed by atoms with Crippen LogP contribution in [0.15, 0.2) is 22.6 Å². The molecule has 32 heavy (non-hydrogen) atoms. The van der Waals surface area contributed by atoms with E-state index >= 15 is 0 Å². The van der Waals surface area contributed by atoms with Crippen LogP contribution in [0.4, 0.5) is 8.78 Å². The number of allylic oxidation sites excluding steroid dienone is 1. The Hall–Kier alpha value is -2.33. The second-order valence-electron chi connectivity index (χ2n) is 7.57. The van der Waals surface area contributed by atoms with Crippen molar-refractivity contribution in [3.8, 4) is 5.75 Å². The van der Waals surface area contributed by atoms with Crippen molar-refractivity contribution in [1.29, 1.82) is 0 Å². The van der Waals surface area contributed by atoms with Gasteiger partial charge in [0.1, 0.15) is 0 Å². The molecule has 2 amide bonds. The van der Waals surface area contributed by atoms with Gasteiger partial charge < -0.3 is 20.5 Å². The zero-order valence-electron chi connectivity index (χ0n) is 17.0. The van der Waals surface area contributed by atoms with Crippen LogP contribution in [0.2, 0.25) is 0 Å². The van der Waals surface area contributed by atoms with Gasteiger partial charge in [-0.15, -0.1) is 11.8 Å². The molecule has 0 aromatic heterocycles. The Morgan fingerprint density at radius 3 is 2.41 bits per heavy atom. The van der Waals surface area contributed by atoms with Gasteiger partial charge in [0.25, 0.3) is 5.91 Å². The lowest BCUT2D eigenvalue weighted by molar-refractivity contribution is -0.143. The molecule has 11 heteroatoms. The summed E-state index contributed by atoms with van der Waals surface area (Å²) in [6.45, 7) is 0.165. The number of rotatable bonds is 8. The highest BCUT2D eigenvalue weighted by molar-refractivity contribution is 8.06. The zero-order chi connectivity index (χ0) is 23.3. The standard InChI is InChI=1S/C21H23ClF2N2O5S/c22-16-8-7-15(32-16)20(28)26-10-9-25-19(27)13-5-6-14(18(24)17(13)23)31-12-3-1-11(2-4-12)21(29)30/h5-6,8,11-12,15H,1-4,7,9-10H2,(H,25,27)(H,26,28)(H,29,30). The van der Waals surface area contributed by atoms with Crippen molar-refractivity contribution in [2.75, 3.05) is 13.1 Å². The number of nitrogens with one attached hydrogen (secondary N) is 2. The van der Waals surface area contributed by atoms with Crippen molar-refractivity contribution in [2.24, 2.45) is 5.92 Å². The van der Waals surface area contributed by atoms with Gasteiger partial charge in [-0.05, 0) is 44.2 Å². The minimum Gasteiger partial charge on any atom is -0.487 e. The summed E-state index contributed by atoms with van der Waals surface area (Å²) in [4.78, 5) is 35.2. The van der Waals surface area contributed by atoms with Crippen molar-refractivity contribution in [3.05, 3.63) is 39.8 Å². The van der Waals surface area contributed by atoms with Crippen LogP contribution in [0.1, 0.15) is 42.5 Å². The molecule has 1 saturated carbocycles. The van der Waals surface area contributed by atoms with Crippen molar-refractivity contribution in [1.82, 2.24) is 10.6 Å². The Morgan fingerprint density at radius 1 is 1.09 bits per heavy atom. The number of amides is 2. The first-order valence-corrected chi connectivity index (χ1v) is 11.5. The van der Waals surface area contributed by atoms with E-state index in [9.17, 15) is 23.2 Å². The molecule has 0 saturated heterocycles. The number of benzene rings is 1. The first kappa shape index (κ1) is 24.3. The number of halogens is 3. The van der Waals surface area contributed by atoms with Crippen molar-refractivity contribution in [3.63, 3.8) is 0 Å². The Kier molecular flexibility index (Phi) is 8.36. The molecule has 1 heterocycles. The molecule has 174 valence electrons. The van der Waals surface area contributed by atoms with E-state index in [-0.39, 0.29) is 30.0 Å². The van der Waals surface area contributed by atoms with E-state index < -0.39 is 41.1 Å². The molecule has 1 unspecified atom stereocenters. The number of hydrogen-bond acceptors (Lipinski definition) is 5. The van der Waals surface area contributed by atoms with Gasteiger partial charge in [0.15, 0.2) is 11.6 Å². The summed E-state index contributed by atoms with van der Waals surface area (Å²) >= 11 is 7.07. The molecular weight excluding hydrogens is 466 g/mol. The van der Waals surface area contributed by atoms with Crippen LogP contribution in [0.5, 0.6) is 5.75 Å². The fraction of sp³-hybridized carbons (Fsp3) is 0.476. The highest BCUT2D eigenvalue weighted by Gasteiger charge is 2.28. The maximum absolute atomic E-state index is 14.4. The maximum Gasteiger partial charge on any atom is 0.306 e. The normalized spacial score (nSPS) is 22.7. The minimum absolute atomic E-state index is 0.0370. The molecule has 1 aromatic rings. The largest absolute Gasteiger partial charge is 0.487 e. The Balaban J connectivity index is 1.47. The number of carboxylic acids is 1. The van der Waals surface area contributed by atoms with Crippen LogP contribution >= 0.6 is 23.4 Å². The highest BCUT2D eigenvalue weighted by atomic mass is 35.5. The summed E-state index contributed by atoms with van der Waals surface area (Å²) in [5, 5.41) is 13.8. The molecule has 0 spiro atoms. The van der Waals surface area contributed by atoms with E-state index in [0.717, 1.165) is 6.07 Å². The van der Waals surface area contributed by atoms with Crippen LogP contribution in [0.25, 0.3) is 0 Å². The molecule has 3 N–H and O–H groups in total. The average molecular weight is 489 g/mol. The molecule has 7 nitrogen and oxygen atoms in total. The number of carboxylic acid groups (broad SMARTS) is 1. The molecule has 0 bridgehead atoms. The monoisotopic (exact) mass is 488 g/mol. The lowest BCUT2D eigenvalue weighted by Gasteiger charge is -2.27. The molecule has 3 rings (SSSR count). The number of carbonyl (C=O) groups excluding carboxylic acids is 2. The third-order valence-corrected chi connectivity index (χ3v) is 6.86. The van der Waals surface area contributed by atoms with Crippen LogP contribution in [-0.4, -0.2) is 47.3 Å². The van der Waals surface area contributed by atoms with Gasteiger partial charge in [-0.25, -0.2) is 4.39 Å². The van der Waals surface area contributed by atoms with Gasteiger partial charge in [0.05, 0.1) is 27.2 Å². The van der Waals surface area contributed by atoms with Crippen molar-refractivity contribution >= 4 is 41.1 Å². The number of aliphatic carboxylic acids is 1. The van der Waals surface area contributed by atoms with Crippen LogP contribution in [0.3, 0.4) is 0 Å². The summed E-state index contributed by atoms with van der Waals surface area (Å²) in [7, 11) is 0. The zero-order valence-corrected chi connectivity index (χ0v) is 18.6. The van der Waals surface area contributed by atoms with Gasteiger partial charge in [-0.1, -0.05) is 17.7 Å². The Morgan fingerprint density at radius 2 is 1.78 bits per heavy atom. The minimum atomic E-state index is -1.33. The second kappa shape index (κ2) is 11.0. The van der Waals surface area contributed by atoms with Crippen molar-refractivity contribution in [2.45, 2.75) is 43.5 Å². The first-order chi connectivity index (χ1) is 15.3. The summed E-state index contributed by atoms with van der Waals surface area (Å²) in [6.07, 6.45) is 3.53. The third kappa shape index (κ3) is 6.13. The SMILES string of the molecule is O=C(NCCNC(=O)C1CC=C(Cl)S1)c1ccc(OC2CCC(C(=O)O)CC2)c(F)c1F. The maximum atomic E-state index is 14.4. The van der Waals surface area contributed by atoms with E-state index in [2.05, 4.69) is 10.6 Å². The molecule has 1 atom stereocenters. The molecule has 0 radical (unpaired) electrons. The number of thioether (sulfide) groups is 1. The van der Waals surface area contributed by atoms with E-state index in [1.54, 1.807) is 6.08 Å². The van der Waals surface area contributed by atoms with Gasteiger partial charge in [-0.2, -0.15) is 4.39 Å². The second-order valence-corrected chi connectivity index (χ2v) is 9.44. The van der Waals surface area contributed by atoms with Gasteiger partial charge in [0, 0.05) is 13.1 Å². The molecule has 1 aliphatic carbocycles. The van der Waals surface area contributed by atoms with Crippen molar-refractivity contribution < 1.29 is 33.0 Å². The predicted octanol–water partition coefficient (Wildman–Crippen LogP) is 3.42. The smallest absolute Gasteiger partial charge is 0.306 e. The van der Waals surface area contributed by atoms with E-state index in [1.165, 1.54) is 17.8 Å². The van der Waals surface area contributed by atoms with E-state index in [4.69, 9.17) is 21.4 Å². The lowest BCUT2D eigenvalue weighted by Crippen LogP contribution is -2.38. The topological polar surface area (TPSA) is 105 Å². The summed E-state index contributed by atoms with van der Waals surface area (Å²) < 4.78 is 34.9. The summed E-state index contributed by atoms with van der Waals surface area (Å²) in [5.41, 5.74) is -0.474. The molecule has 1 aromatic carbocycles. The molecule has 2 aliphatic rings. The van der Waals surface area contributed by atoms with Crippen LogP contribution < -0.4 is 15.4 Å². The van der Waals surface area contributed by atoms with E-state index in [0.29, 0.717) is 36.5 Å². The lowest BCUT2D eigenvalue weighted by atomic mass is 9.87. The Labute approximate surface area is 192 Å². The number of hydrogen-bond donors (Lipinski definition) is 3. The van der Waals surface area contributed by atoms with Crippen LogP contribution in [-0.2, 0) is 9.59 Å². The number of ether oxygens (including phenoxy) is 1. The third-order valence-electron chi connectivity index (χ3n) is 5.36. The van der Waals surface area contributed by atoms with Crippen LogP contribution in [0, 0.1) is 17.6 Å². The predicted molar refractivity (Wildman–Crippen MR) is 116 cm³/mol. The first-order valence-electron chi connectivity index (χ1n) is 10.2. The quantitative estimate of drug-likeness (QED) is 0.484. The number of carbonyl (C=O) groups is 3.